The van der Waals surface area contributed by atoms with E-state index in [-0.39, 0.29) is 12.4 Å². The van der Waals surface area contributed by atoms with Crippen molar-refractivity contribution in [2.24, 2.45) is 4.99 Å². The first-order valence-corrected chi connectivity index (χ1v) is 6.58. The van der Waals surface area contributed by atoms with Gasteiger partial charge in [0.15, 0.2) is 0 Å². The zero-order chi connectivity index (χ0) is 11.7. The third-order valence-corrected chi connectivity index (χ3v) is 3.58. The summed E-state index contributed by atoms with van der Waals surface area (Å²) in [6, 6.07) is 6.50. The number of hydrogen-bond donors (Lipinski definition) is 1. The highest BCUT2D eigenvalue weighted by molar-refractivity contribution is 9.10. The monoisotopic (exact) mass is 327 g/mol. The third-order valence-electron chi connectivity index (χ3n) is 3.08. The number of fused-ring (bicyclic) bond motifs is 1. The first-order chi connectivity index (χ1) is 8.31. The minimum absolute atomic E-state index is 0. The summed E-state index contributed by atoms with van der Waals surface area (Å²) in [4.78, 5) is 4.19. The van der Waals surface area contributed by atoms with Crippen LogP contribution in [0.4, 0.5) is 0 Å². The molecule has 5 heteroatoms. The lowest BCUT2D eigenvalue weighted by molar-refractivity contribution is 0.213. The van der Waals surface area contributed by atoms with Crippen LogP contribution in [0.15, 0.2) is 39.4 Å². The van der Waals surface area contributed by atoms with Gasteiger partial charge in [0.2, 0.25) is 0 Å². The molecule has 0 radical (unpaired) electrons. The molecule has 18 heavy (non-hydrogen) atoms. The number of allylic oxidation sites excluding steroid dienone is 1. The predicted molar refractivity (Wildman–Crippen MR) is 79.8 cm³/mol. The van der Waals surface area contributed by atoms with Crippen LogP contribution in [0.3, 0.4) is 0 Å². The first-order valence-electron chi connectivity index (χ1n) is 5.79. The molecule has 0 atom stereocenters. The third kappa shape index (κ3) is 2.94. The van der Waals surface area contributed by atoms with Gasteiger partial charge in [-0.3, -0.25) is 4.99 Å². The molecule has 0 spiro atoms. The SMILES string of the molecule is Brc1ccc2c(c1)CN(NC1=CC=NCC1)C2.Cl. The summed E-state index contributed by atoms with van der Waals surface area (Å²) in [5, 5.41) is 2.25. The molecule has 0 bridgehead atoms. The summed E-state index contributed by atoms with van der Waals surface area (Å²) in [6.45, 7) is 2.82. The van der Waals surface area contributed by atoms with Crippen molar-refractivity contribution in [3.8, 4) is 0 Å². The van der Waals surface area contributed by atoms with Crippen LogP contribution in [-0.4, -0.2) is 17.8 Å². The van der Waals surface area contributed by atoms with Crippen LogP contribution in [0.5, 0.6) is 0 Å². The molecule has 0 saturated carbocycles. The van der Waals surface area contributed by atoms with Gasteiger partial charge in [-0.05, 0) is 29.3 Å². The number of dihydropyridines is 1. The predicted octanol–water partition coefficient (Wildman–Crippen LogP) is 3.05. The second-order valence-electron chi connectivity index (χ2n) is 4.38. The number of nitrogens with one attached hydrogen (secondary N) is 1. The number of halogens is 2. The average Bonchev–Trinajstić information content (AvgIpc) is 2.71. The molecule has 1 N–H and O–H groups in total. The van der Waals surface area contributed by atoms with E-state index in [0.29, 0.717) is 0 Å². The second-order valence-corrected chi connectivity index (χ2v) is 5.29. The van der Waals surface area contributed by atoms with E-state index >= 15 is 0 Å². The van der Waals surface area contributed by atoms with Gasteiger partial charge in [-0.1, -0.05) is 22.0 Å². The lowest BCUT2D eigenvalue weighted by atomic mass is 10.1. The van der Waals surface area contributed by atoms with E-state index in [4.69, 9.17) is 0 Å². The number of aliphatic imine (C=N–C) groups is 1. The lowest BCUT2D eigenvalue weighted by Gasteiger charge is -2.21. The summed E-state index contributed by atoms with van der Waals surface area (Å²) in [5.41, 5.74) is 7.54. The van der Waals surface area contributed by atoms with Gasteiger partial charge in [-0.2, -0.15) is 0 Å². The van der Waals surface area contributed by atoms with Crippen molar-refractivity contribution in [3.63, 3.8) is 0 Å². The molecule has 2 heterocycles. The zero-order valence-corrected chi connectivity index (χ0v) is 12.3. The number of hydrazine groups is 1. The van der Waals surface area contributed by atoms with Gasteiger partial charge in [0, 0.05) is 42.4 Å². The van der Waals surface area contributed by atoms with Crippen molar-refractivity contribution in [1.29, 1.82) is 0 Å². The number of benzene rings is 1. The Kier molecular flexibility index (Phi) is 4.43. The molecule has 0 saturated heterocycles. The van der Waals surface area contributed by atoms with E-state index in [1.165, 1.54) is 16.8 Å². The molecular weight excluding hydrogens is 314 g/mol. The van der Waals surface area contributed by atoms with Crippen LogP contribution in [-0.2, 0) is 13.1 Å². The Morgan fingerprint density at radius 3 is 2.83 bits per heavy atom. The van der Waals surface area contributed by atoms with Crippen molar-refractivity contribution in [3.05, 3.63) is 45.6 Å². The van der Waals surface area contributed by atoms with Crippen molar-refractivity contribution < 1.29 is 0 Å². The van der Waals surface area contributed by atoms with E-state index in [1.54, 1.807) is 0 Å². The summed E-state index contributed by atoms with van der Waals surface area (Å²) < 4.78 is 1.15. The molecule has 0 amide bonds. The van der Waals surface area contributed by atoms with E-state index in [2.05, 4.69) is 55.6 Å². The average molecular weight is 329 g/mol. The number of hydrogen-bond acceptors (Lipinski definition) is 3. The Morgan fingerprint density at radius 1 is 1.22 bits per heavy atom. The smallest absolute Gasteiger partial charge is 0.0444 e. The molecule has 96 valence electrons. The molecule has 0 fully saturated rings. The molecule has 3 rings (SSSR count). The fraction of sp³-hybridized carbons (Fsp3) is 0.308. The topological polar surface area (TPSA) is 27.6 Å². The van der Waals surface area contributed by atoms with E-state index < -0.39 is 0 Å². The highest BCUT2D eigenvalue weighted by atomic mass is 79.9. The van der Waals surface area contributed by atoms with Crippen molar-refractivity contribution in [2.75, 3.05) is 6.54 Å². The van der Waals surface area contributed by atoms with Gasteiger partial charge in [0.1, 0.15) is 0 Å². The summed E-state index contributed by atoms with van der Waals surface area (Å²) >= 11 is 3.52. The summed E-state index contributed by atoms with van der Waals surface area (Å²) in [6.07, 6.45) is 4.95. The summed E-state index contributed by atoms with van der Waals surface area (Å²) in [7, 11) is 0. The largest absolute Gasteiger partial charge is 0.322 e. The molecule has 0 unspecified atom stereocenters. The van der Waals surface area contributed by atoms with Gasteiger partial charge < -0.3 is 5.43 Å². The fourth-order valence-corrected chi connectivity index (χ4v) is 2.63. The van der Waals surface area contributed by atoms with Gasteiger partial charge >= 0.3 is 0 Å². The first kappa shape index (κ1) is 13.6. The maximum Gasteiger partial charge on any atom is 0.0444 e. The van der Waals surface area contributed by atoms with Crippen molar-refractivity contribution >= 4 is 34.6 Å². The molecule has 2 aliphatic rings. The number of rotatable bonds is 2. The molecule has 1 aromatic rings. The Hall–Kier alpha value is -0.840. The minimum atomic E-state index is 0. The Bertz CT molecular complexity index is 499. The summed E-state index contributed by atoms with van der Waals surface area (Å²) in [5.74, 6) is 0. The highest BCUT2D eigenvalue weighted by Gasteiger charge is 2.19. The minimum Gasteiger partial charge on any atom is -0.322 e. The van der Waals surface area contributed by atoms with E-state index in [9.17, 15) is 0 Å². The maximum atomic E-state index is 4.19. The van der Waals surface area contributed by atoms with E-state index in [1.807, 2.05) is 6.21 Å². The maximum absolute atomic E-state index is 4.19. The Balaban J connectivity index is 0.00000120. The van der Waals surface area contributed by atoms with Gasteiger partial charge in [0.25, 0.3) is 0 Å². The normalized spacial score (nSPS) is 17.9. The Morgan fingerprint density at radius 2 is 2.06 bits per heavy atom. The second kappa shape index (κ2) is 5.87. The van der Waals surface area contributed by atoms with Gasteiger partial charge in [-0.15, -0.1) is 12.4 Å². The molecule has 3 nitrogen and oxygen atoms in total. The molecule has 2 aliphatic heterocycles. The molecule has 0 aliphatic carbocycles. The van der Waals surface area contributed by atoms with Crippen LogP contribution in [0.2, 0.25) is 0 Å². The molecule has 1 aromatic carbocycles. The van der Waals surface area contributed by atoms with Crippen LogP contribution in [0.25, 0.3) is 0 Å². The van der Waals surface area contributed by atoms with Gasteiger partial charge in [-0.25, -0.2) is 5.01 Å². The standard InChI is InChI=1S/C13H14BrN3.ClH/c14-12-2-1-10-8-17(9-11(10)7-12)16-13-3-5-15-6-4-13;/h1-3,5,7,16H,4,6,8-9H2;1H. The molecular formula is C13H15BrClN3. The van der Waals surface area contributed by atoms with E-state index in [0.717, 1.165) is 30.5 Å². The van der Waals surface area contributed by atoms with Crippen molar-refractivity contribution in [2.45, 2.75) is 19.5 Å². The fourth-order valence-electron chi connectivity index (χ4n) is 2.22. The lowest BCUT2D eigenvalue weighted by Crippen LogP contribution is -2.33. The van der Waals surface area contributed by atoms with Crippen molar-refractivity contribution in [1.82, 2.24) is 10.4 Å². The van der Waals surface area contributed by atoms with Crippen LogP contribution in [0.1, 0.15) is 17.5 Å². The van der Waals surface area contributed by atoms with Crippen LogP contribution in [0, 0.1) is 0 Å². The molecule has 0 aromatic heterocycles. The van der Waals surface area contributed by atoms with Gasteiger partial charge in [0.05, 0.1) is 0 Å². The quantitative estimate of drug-likeness (QED) is 0.903. The van der Waals surface area contributed by atoms with Crippen LogP contribution < -0.4 is 5.43 Å². The zero-order valence-electron chi connectivity index (χ0n) is 9.90. The van der Waals surface area contributed by atoms with Crippen LogP contribution >= 0.6 is 28.3 Å². The Labute approximate surface area is 121 Å². The number of nitrogens with zero attached hydrogens (tertiary/aromatic N) is 2. The highest BCUT2D eigenvalue weighted by Crippen LogP contribution is 2.25.